The van der Waals surface area contributed by atoms with E-state index in [9.17, 15) is 8.42 Å². The number of hydrogen-bond donors (Lipinski definition) is 1. The molecule has 2 aromatic carbocycles. The summed E-state index contributed by atoms with van der Waals surface area (Å²) in [5, 5.41) is 8.91. The topological polar surface area (TPSA) is 63.6 Å². The fourth-order valence-corrected chi connectivity index (χ4v) is 2.46. The van der Waals surface area contributed by atoms with Gasteiger partial charge in [-0.15, -0.1) is 0 Å². The molecule has 1 N–H and O–H groups in total. The van der Waals surface area contributed by atoms with E-state index in [2.05, 4.69) is 0 Å². The molecule has 0 radical (unpaired) electrons. The lowest BCUT2D eigenvalue weighted by atomic mass is 10.1. The van der Waals surface area contributed by atoms with E-state index in [0.29, 0.717) is 0 Å². The smallest absolute Gasteiger partial charge is 0.297 e. The summed E-state index contributed by atoms with van der Waals surface area (Å²) >= 11 is 0. The van der Waals surface area contributed by atoms with Gasteiger partial charge in [0.25, 0.3) is 10.1 Å². The van der Waals surface area contributed by atoms with E-state index in [4.69, 9.17) is 9.29 Å². The minimum Gasteiger partial charge on any atom is -0.392 e. The summed E-state index contributed by atoms with van der Waals surface area (Å²) in [4.78, 5) is 0.141. The second-order valence-electron chi connectivity index (χ2n) is 4.00. The summed E-state index contributed by atoms with van der Waals surface area (Å²) in [5.74, 6) is 0. The van der Waals surface area contributed by atoms with E-state index < -0.39 is 10.1 Å². The molecule has 19 heavy (non-hydrogen) atoms. The lowest BCUT2D eigenvalue weighted by Crippen LogP contribution is -2.06. The van der Waals surface area contributed by atoms with E-state index in [0.717, 1.165) is 11.1 Å². The SMILES string of the molecule is O=S(=O)(OCc1ccc(CO)cc1)c1ccccc1. The normalized spacial score (nSPS) is 11.4. The Morgan fingerprint density at radius 3 is 2.05 bits per heavy atom. The van der Waals surface area contributed by atoms with Crippen LogP contribution in [-0.2, 0) is 27.5 Å². The molecule has 0 unspecified atom stereocenters. The molecule has 0 aliphatic rings. The average molecular weight is 278 g/mol. The molecule has 0 amide bonds. The Kier molecular flexibility index (Phi) is 4.31. The molecule has 0 atom stereocenters. The van der Waals surface area contributed by atoms with Crippen LogP contribution >= 0.6 is 0 Å². The van der Waals surface area contributed by atoms with Gasteiger partial charge in [-0.1, -0.05) is 42.5 Å². The van der Waals surface area contributed by atoms with Crippen molar-refractivity contribution in [3.8, 4) is 0 Å². The maximum Gasteiger partial charge on any atom is 0.297 e. The van der Waals surface area contributed by atoms with E-state index in [1.165, 1.54) is 12.1 Å². The third-order valence-corrected chi connectivity index (χ3v) is 3.90. The first-order chi connectivity index (χ1) is 9.12. The van der Waals surface area contributed by atoms with Crippen molar-refractivity contribution >= 4 is 10.1 Å². The Morgan fingerprint density at radius 2 is 1.47 bits per heavy atom. The fraction of sp³-hybridized carbons (Fsp3) is 0.143. The molecule has 0 bridgehead atoms. The Bertz CT molecular complexity index is 618. The van der Waals surface area contributed by atoms with Gasteiger partial charge in [-0.3, -0.25) is 4.18 Å². The van der Waals surface area contributed by atoms with Gasteiger partial charge in [0, 0.05) is 0 Å². The maximum atomic E-state index is 11.9. The third kappa shape index (κ3) is 3.64. The molecule has 0 aliphatic carbocycles. The molecule has 0 spiro atoms. The van der Waals surface area contributed by atoms with Gasteiger partial charge in [0.1, 0.15) is 0 Å². The number of aliphatic hydroxyl groups excluding tert-OH is 1. The minimum absolute atomic E-state index is 0.0249. The number of benzene rings is 2. The van der Waals surface area contributed by atoms with Crippen LogP contribution in [0, 0.1) is 0 Å². The summed E-state index contributed by atoms with van der Waals surface area (Å²) in [5.41, 5.74) is 1.51. The second kappa shape index (κ2) is 5.97. The molecular weight excluding hydrogens is 264 g/mol. The van der Waals surface area contributed by atoms with Gasteiger partial charge in [0.2, 0.25) is 0 Å². The molecular formula is C14H14O4S. The second-order valence-corrected chi connectivity index (χ2v) is 5.62. The summed E-state index contributed by atoms with van der Waals surface area (Å²) in [6.45, 7) is -0.0631. The molecule has 0 aliphatic heterocycles. The molecule has 0 saturated heterocycles. The Hall–Kier alpha value is -1.69. The van der Waals surface area contributed by atoms with E-state index >= 15 is 0 Å². The Balaban J connectivity index is 2.05. The van der Waals surface area contributed by atoms with Crippen LogP contribution < -0.4 is 0 Å². The first kappa shape index (κ1) is 13.7. The first-order valence-corrected chi connectivity index (χ1v) is 7.16. The minimum atomic E-state index is -3.72. The van der Waals surface area contributed by atoms with Crippen LogP contribution in [0.4, 0.5) is 0 Å². The largest absolute Gasteiger partial charge is 0.392 e. The number of aliphatic hydroxyl groups is 1. The molecule has 0 saturated carbocycles. The van der Waals surface area contributed by atoms with E-state index in [-0.39, 0.29) is 18.1 Å². The lowest BCUT2D eigenvalue weighted by Gasteiger charge is -2.06. The van der Waals surface area contributed by atoms with Crippen molar-refractivity contribution in [2.45, 2.75) is 18.1 Å². The predicted octanol–water partition coefficient (Wildman–Crippen LogP) is 2.08. The molecule has 0 aromatic heterocycles. The van der Waals surface area contributed by atoms with Crippen LogP contribution in [0.2, 0.25) is 0 Å². The van der Waals surface area contributed by atoms with Gasteiger partial charge in [0.15, 0.2) is 0 Å². The molecule has 0 fully saturated rings. The van der Waals surface area contributed by atoms with Crippen molar-refractivity contribution in [1.82, 2.24) is 0 Å². The van der Waals surface area contributed by atoms with E-state index in [1.54, 1.807) is 42.5 Å². The molecule has 4 nitrogen and oxygen atoms in total. The Labute approximate surface area is 112 Å². The summed E-state index contributed by atoms with van der Waals surface area (Å²) in [6.07, 6.45) is 0. The fourth-order valence-electron chi connectivity index (χ4n) is 1.54. The number of hydrogen-bond acceptors (Lipinski definition) is 4. The zero-order valence-electron chi connectivity index (χ0n) is 10.2. The zero-order valence-corrected chi connectivity index (χ0v) is 11.0. The molecule has 2 rings (SSSR count). The van der Waals surface area contributed by atoms with Crippen molar-refractivity contribution in [2.24, 2.45) is 0 Å². The highest BCUT2D eigenvalue weighted by molar-refractivity contribution is 7.86. The monoisotopic (exact) mass is 278 g/mol. The van der Waals surface area contributed by atoms with Crippen LogP contribution in [0.3, 0.4) is 0 Å². The molecule has 5 heteroatoms. The third-order valence-electron chi connectivity index (χ3n) is 2.62. The van der Waals surface area contributed by atoms with Gasteiger partial charge in [0.05, 0.1) is 18.1 Å². The van der Waals surface area contributed by atoms with Crippen molar-refractivity contribution in [3.05, 3.63) is 65.7 Å². The van der Waals surface area contributed by atoms with Gasteiger partial charge >= 0.3 is 0 Å². The average Bonchev–Trinajstić information content (AvgIpc) is 2.47. The molecule has 2 aromatic rings. The van der Waals surface area contributed by atoms with Crippen molar-refractivity contribution < 1.29 is 17.7 Å². The number of rotatable bonds is 5. The van der Waals surface area contributed by atoms with Crippen LogP contribution in [-0.4, -0.2) is 13.5 Å². The predicted molar refractivity (Wildman–Crippen MR) is 70.8 cm³/mol. The van der Waals surface area contributed by atoms with Crippen LogP contribution in [0.5, 0.6) is 0 Å². The highest BCUT2D eigenvalue weighted by Gasteiger charge is 2.14. The molecule has 100 valence electrons. The maximum absolute atomic E-state index is 11.9. The van der Waals surface area contributed by atoms with Gasteiger partial charge in [-0.25, -0.2) is 0 Å². The zero-order chi connectivity index (χ0) is 13.7. The quantitative estimate of drug-likeness (QED) is 0.851. The highest BCUT2D eigenvalue weighted by Crippen LogP contribution is 2.14. The lowest BCUT2D eigenvalue weighted by molar-refractivity contribution is 0.281. The summed E-state index contributed by atoms with van der Waals surface area (Å²) in [6, 6.07) is 14.9. The first-order valence-electron chi connectivity index (χ1n) is 5.75. The highest BCUT2D eigenvalue weighted by atomic mass is 32.2. The van der Waals surface area contributed by atoms with Gasteiger partial charge in [-0.2, -0.15) is 8.42 Å². The van der Waals surface area contributed by atoms with Crippen molar-refractivity contribution in [3.63, 3.8) is 0 Å². The summed E-state index contributed by atoms with van der Waals surface area (Å²) in [7, 11) is -3.72. The van der Waals surface area contributed by atoms with Crippen LogP contribution in [0.1, 0.15) is 11.1 Å². The standard InChI is InChI=1S/C14H14O4S/c15-10-12-6-8-13(9-7-12)11-18-19(16,17)14-4-2-1-3-5-14/h1-9,15H,10-11H2. The molecule has 0 heterocycles. The Morgan fingerprint density at radius 1 is 0.895 bits per heavy atom. The van der Waals surface area contributed by atoms with Gasteiger partial charge in [-0.05, 0) is 23.3 Å². The van der Waals surface area contributed by atoms with Crippen LogP contribution in [0.25, 0.3) is 0 Å². The van der Waals surface area contributed by atoms with Crippen LogP contribution in [0.15, 0.2) is 59.5 Å². The van der Waals surface area contributed by atoms with E-state index in [1.807, 2.05) is 0 Å². The van der Waals surface area contributed by atoms with Crippen molar-refractivity contribution in [1.29, 1.82) is 0 Å². The summed E-state index contributed by atoms with van der Waals surface area (Å²) < 4.78 is 28.7. The van der Waals surface area contributed by atoms with Gasteiger partial charge < -0.3 is 5.11 Å². The van der Waals surface area contributed by atoms with Crippen molar-refractivity contribution in [2.75, 3.05) is 0 Å².